The molecule has 3 heteroatoms. The van der Waals surface area contributed by atoms with Crippen LogP contribution < -0.4 is 11.3 Å². The van der Waals surface area contributed by atoms with Crippen molar-refractivity contribution >= 4 is 11.8 Å². The molecule has 0 aliphatic heterocycles. The molecule has 2 atom stereocenters. The second kappa shape index (κ2) is 8.85. The molecule has 0 aromatic carbocycles. The largest absolute Gasteiger partial charge is 0.271 e. The van der Waals surface area contributed by atoms with E-state index in [1.54, 1.807) is 0 Å². The normalized spacial score (nSPS) is 15.7. The first-order valence-electron chi connectivity index (χ1n) is 5.19. The SMILES string of the molecule is CCCC(C)CC(CCSC)NN. The van der Waals surface area contributed by atoms with Gasteiger partial charge in [0.2, 0.25) is 0 Å². The Hall–Kier alpha value is 0.270. The highest BCUT2D eigenvalue weighted by atomic mass is 32.2. The van der Waals surface area contributed by atoms with E-state index in [2.05, 4.69) is 25.5 Å². The van der Waals surface area contributed by atoms with Crippen LogP contribution in [0, 0.1) is 5.92 Å². The van der Waals surface area contributed by atoms with Crippen molar-refractivity contribution in [3.63, 3.8) is 0 Å². The summed E-state index contributed by atoms with van der Waals surface area (Å²) in [6, 6.07) is 0.508. The van der Waals surface area contributed by atoms with Gasteiger partial charge >= 0.3 is 0 Å². The van der Waals surface area contributed by atoms with Crippen LogP contribution in [0.2, 0.25) is 0 Å². The molecular weight excluding hydrogens is 180 g/mol. The average Bonchev–Trinajstić information content (AvgIpc) is 2.12. The lowest BCUT2D eigenvalue weighted by Crippen LogP contribution is -2.36. The molecule has 0 aromatic rings. The highest BCUT2D eigenvalue weighted by molar-refractivity contribution is 7.98. The molecule has 3 N–H and O–H groups in total. The van der Waals surface area contributed by atoms with Crippen LogP contribution in [0.25, 0.3) is 0 Å². The van der Waals surface area contributed by atoms with E-state index in [1.807, 2.05) is 11.8 Å². The fourth-order valence-corrected chi connectivity index (χ4v) is 2.15. The minimum Gasteiger partial charge on any atom is -0.271 e. The van der Waals surface area contributed by atoms with Gasteiger partial charge in [0.15, 0.2) is 0 Å². The van der Waals surface area contributed by atoms with E-state index in [0.29, 0.717) is 6.04 Å². The van der Waals surface area contributed by atoms with Crippen LogP contribution in [0.15, 0.2) is 0 Å². The average molecular weight is 204 g/mol. The standard InChI is InChI=1S/C10H24N2S/c1-4-5-9(2)8-10(12-11)6-7-13-3/h9-10,12H,4-8,11H2,1-3H3. The number of rotatable bonds is 8. The van der Waals surface area contributed by atoms with Gasteiger partial charge in [0.25, 0.3) is 0 Å². The molecule has 0 rings (SSSR count). The van der Waals surface area contributed by atoms with Crippen molar-refractivity contribution < 1.29 is 0 Å². The lowest BCUT2D eigenvalue weighted by atomic mass is 9.96. The van der Waals surface area contributed by atoms with E-state index in [1.165, 1.54) is 31.4 Å². The molecule has 2 nitrogen and oxygen atoms in total. The van der Waals surface area contributed by atoms with Crippen molar-refractivity contribution in [2.45, 2.75) is 45.6 Å². The fraction of sp³-hybridized carbons (Fsp3) is 1.00. The second-order valence-corrected chi connectivity index (χ2v) is 4.76. The van der Waals surface area contributed by atoms with Crippen molar-refractivity contribution in [3.05, 3.63) is 0 Å². The summed E-state index contributed by atoms with van der Waals surface area (Å²) in [5.41, 5.74) is 2.91. The Morgan fingerprint density at radius 3 is 2.54 bits per heavy atom. The van der Waals surface area contributed by atoms with Gasteiger partial charge in [0.05, 0.1) is 0 Å². The molecule has 0 saturated heterocycles. The molecule has 0 saturated carbocycles. The van der Waals surface area contributed by atoms with Crippen molar-refractivity contribution in [3.8, 4) is 0 Å². The number of hydrogen-bond acceptors (Lipinski definition) is 3. The molecule has 0 spiro atoms. The molecule has 2 unspecified atom stereocenters. The van der Waals surface area contributed by atoms with Crippen LogP contribution in [0.4, 0.5) is 0 Å². The minimum atomic E-state index is 0.508. The number of thioether (sulfide) groups is 1. The van der Waals surface area contributed by atoms with Gasteiger partial charge in [-0.05, 0) is 30.8 Å². The van der Waals surface area contributed by atoms with E-state index in [-0.39, 0.29) is 0 Å². The van der Waals surface area contributed by atoms with Gasteiger partial charge in [-0.2, -0.15) is 11.8 Å². The van der Waals surface area contributed by atoms with E-state index >= 15 is 0 Å². The zero-order valence-electron chi connectivity index (χ0n) is 9.18. The van der Waals surface area contributed by atoms with Gasteiger partial charge in [-0.15, -0.1) is 0 Å². The van der Waals surface area contributed by atoms with Gasteiger partial charge in [0.1, 0.15) is 0 Å². The predicted molar refractivity (Wildman–Crippen MR) is 62.8 cm³/mol. The van der Waals surface area contributed by atoms with Crippen molar-refractivity contribution in [1.82, 2.24) is 5.43 Å². The summed E-state index contributed by atoms with van der Waals surface area (Å²) in [6.07, 6.45) is 7.14. The van der Waals surface area contributed by atoms with Crippen LogP contribution in [-0.4, -0.2) is 18.1 Å². The summed E-state index contributed by atoms with van der Waals surface area (Å²) < 4.78 is 0. The summed E-state index contributed by atoms with van der Waals surface area (Å²) >= 11 is 1.89. The summed E-state index contributed by atoms with van der Waals surface area (Å²) in [5, 5.41) is 0. The van der Waals surface area contributed by atoms with E-state index in [0.717, 1.165) is 5.92 Å². The third-order valence-electron chi connectivity index (χ3n) is 2.37. The van der Waals surface area contributed by atoms with Gasteiger partial charge < -0.3 is 0 Å². The molecule has 0 aromatic heterocycles. The van der Waals surface area contributed by atoms with Crippen LogP contribution in [0.3, 0.4) is 0 Å². The molecule has 0 heterocycles. The summed E-state index contributed by atoms with van der Waals surface area (Å²) in [7, 11) is 0. The Morgan fingerprint density at radius 1 is 1.38 bits per heavy atom. The van der Waals surface area contributed by atoms with Crippen LogP contribution >= 0.6 is 11.8 Å². The molecule has 13 heavy (non-hydrogen) atoms. The molecule has 0 aliphatic rings. The minimum absolute atomic E-state index is 0.508. The smallest absolute Gasteiger partial charge is 0.0220 e. The Balaban J connectivity index is 3.56. The number of nitrogens with one attached hydrogen (secondary N) is 1. The molecule has 0 aliphatic carbocycles. The van der Waals surface area contributed by atoms with Crippen molar-refractivity contribution in [2.75, 3.05) is 12.0 Å². The molecule has 0 amide bonds. The topological polar surface area (TPSA) is 38.0 Å². The first-order chi connectivity index (χ1) is 6.24. The molecule has 0 radical (unpaired) electrons. The Bertz CT molecular complexity index is 109. The summed E-state index contributed by atoms with van der Waals surface area (Å²) in [6.45, 7) is 4.55. The van der Waals surface area contributed by atoms with Crippen LogP contribution in [-0.2, 0) is 0 Å². The highest BCUT2D eigenvalue weighted by Crippen LogP contribution is 2.14. The zero-order chi connectivity index (χ0) is 10.1. The number of hydrogen-bond donors (Lipinski definition) is 2. The van der Waals surface area contributed by atoms with Crippen molar-refractivity contribution in [2.24, 2.45) is 11.8 Å². The Kier molecular flexibility index (Phi) is 9.03. The molecule has 0 bridgehead atoms. The van der Waals surface area contributed by atoms with E-state index < -0.39 is 0 Å². The second-order valence-electron chi connectivity index (χ2n) is 3.77. The maximum absolute atomic E-state index is 5.50. The first-order valence-corrected chi connectivity index (χ1v) is 6.59. The van der Waals surface area contributed by atoms with Gasteiger partial charge in [-0.1, -0.05) is 26.7 Å². The Morgan fingerprint density at radius 2 is 2.08 bits per heavy atom. The third kappa shape index (κ3) is 7.35. The predicted octanol–water partition coefficient (Wildman–Crippen LogP) is 2.40. The van der Waals surface area contributed by atoms with Crippen LogP contribution in [0.5, 0.6) is 0 Å². The lowest BCUT2D eigenvalue weighted by Gasteiger charge is -2.19. The molecular formula is C10H24N2S. The molecule has 0 fully saturated rings. The Labute approximate surface area is 87.0 Å². The fourth-order valence-electron chi connectivity index (χ4n) is 1.63. The maximum atomic E-state index is 5.50. The quantitative estimate of drug-likeness (QED) is 0.471. The van der Waals surface area contributed by atoms with Gasteiger partial charge in [0, 0.05) is 6.04 Å². The summed E-state index contributed by atoms with van der Waals surface area (Å²) in [4.78, 5) is 0. The van der Waals surface area contributed by atoms with E-state index in [4.69, 9.17) is 5.84 Å². The zero-order valence-corrected chi connectivity index (χ0v) is 9.99. The van der Waals surface area contributed by atoms with Gasteiger partial charge in [-0.25, -0.2) is 0 Å². The highest BCUT2D eigenvalue weighted by Gasteiger charge is 2.10. The van der Waals surface area contributed by atoms with Crippen molar-refractivity contribution in [1.29, 1.82) is 0 Å². The summed E-state index contributed by atoms with van der Waals surface area (Å²) in [5.74, 6) is 7.50. The lowest BCUT2D eigenvalue weighted by molar-refractivity contribution is 0.381. The molecule has 80 valence electrons. The van der Waals surface area contributed by atoms with Crippen LogP contribution in [0.1, 0.15) is 39.5 Å². The maximum Gasteiger partial charge on any atom is 0.0220 e. The third-order valence-corrected chi connectivity index (χ3v) is 3.02. The number of hydrazine groups is 1. The monoisotopic (exact) mass is 204 g/mol. The first kappa shape index (κ1) is 13.3. The number of nitrogens with two attached hydrogens (primary N) is 1. The van der Waals surface area contributed by atoms with E-state index in [9.17, 15) is 0 Å². The van der Waals surface area contributed by atoms with Gasteiger partial charge in [-0.3, -0.25) is 11.3 Å².